The average Bonchev–Trinajstić information content (AvgIpc) is 3.01. The van der Waals surface area contributed by atoms with Crippen LogP contribution in [0.4, 0.5) is 11.4 Å². The zero-order valence-electron chi connectivity index (χ0n) is 14.1. The number of methoxy groups -OCH3 is 1. The lowest BCUT2D eigenvalue weighted by Gasteiger charge is -2.13. The zero-order chi connectivity index (χ0) is 18.9. The highest BCUT2D eigenvalue weighted by atomic mass is 35.5. The van der Waals surface area contributed by atoms with Crippen molar-refractivity contribution < 1.29 is 17.6 Å². The van der Waals surface area contributed by atoms with Crippen molar-refractivity contribution in [3.8, 4) is 17.1 Å². The van der Waals surface area contributed by atoms with Crippen molar-refractivity contribution in [1.29, 1.82) is 0 Å². The van der Waals surface area contributed by atoms with Gasteiger partial charge in [0.2, 0.25) is 0 Å². The molecule has 8 heteroatoms. The normalized spacial score (nSPS) is 11.3. The van der Waals surface area contributed by atoms with E-state index >= 15 is 0 Å². The van der Waals surface area contributed by atoms with Gasteiger partial charge >= 0.3 is 0 Å². The van der Waals surface area contributed by atoms with E-state index in [1.54, 1.807) is 30.3 Å². The van der Waals surface area contributed by atoms with Gasteiger partial charge in [-0.1, -0.05) is 11.6 Å². The Hall–Kier alpha value is -2.64. The Morgan fingerprint density at radius 3 is 2.50 bits per heavy atom. The minimum Gasteiger partial charge on any atom is -0.495 e. The van der Waals surface area contributed by atoms with Crippen LogP contribution in [0.25, 0.3) is 11.3 Å². The van der Waals surface area contributed by atoms with Gasteiger partial charge < -0.3 is 14.9 Å². The molecule has 0 saturated heterocycles. The molecule has 0 unspecified atom stereocenters. The third-order valence-corrected chi connectivity index (χ3v) is 5.56. The number of furan rings is 1. The third kappa shape index (κ3) is 3.63. The van der Waals surface area contributed by atoms with Gasteiger partial charge in [-0.2, -0.15) is 0 Å². The highest BCUT2D eigenvalue weighted by Gasteiger charge is 2.21. The van der Waals surface area contributed by atoms with E-state index in [1.165, 1.54) is 19.2 Å². The average molecular weight is 393 g/mol. The number of nitrogens with one attached hydrogen (secondary N) is 1. The van der Waals surface area contributed by atoms with Gasteiger partial charge in [-0.15, -0.1) is 0 Å². The van der Waals surface area contributed by atoms with Crippen LogP contribution in [0.2, 0.25) is 5.02 Å². The predicted molar refractivity (Wildman–Crippen MR) is 102 cm³/mol. The first kappa shape index (κ1) is 18.2. The monoisotopic (exact) mass is 392 g/mol. The Morgan fingerprint density at radius 2 is 1.88 bits per heavy atom. The molecule has 0 atom stereocenters. The fraction of sp³-hybridized carbons (Fsp3) is 0.111. The summed E-state index contributed by atoms with van der Waals surface area (Å²) in [4.78, 5) is -0.0596. The van der Waals surface area contributed by atoms with E-state index in [0.29, 0.717) is 22.8 Å². The lowest BCUT2D eigenvalue weighted by atomic mass is 10.2. The Balaban J connectivity index is 1.96. The van der Waals surface area contributed by atoms with Crippen molar-refractivity contribution >= 4 is 33.0 Å². The van der Waals surface area contributed by atoms with Crippen LogP contribution in [-0.4, -0.2) is 15.5 Å². The molecule has 0 aliphatic heterocycles. The van der Waals surface area contributed by atoms with Gasteiger partial charge in [0, 0.05) is 11.3 Å². The molecule has 0 bridgehead atoms. The fourth-order valence-corrected chi connectivity index (χ4v) is 4.07. The first-order valence-electron chi connectivity index (χ1n) is 7.63. The van der Waals surface area contributed by atoms with Gasteiger partial charge in [-0.3, -0.25) is 4.72 Å². The number of halogens is 1. The summed E-state index contributed by atoms with van der Waals surface area (Å²) >= 11 is 6.22. The summed E-state index contributed by atoms with van der Waals surface area (Å²) in [5.74, 6) is 1.71. The Morgan fingerprint density at radius 1 is 1.12 bits per heavy atom. The number of hydrogen-bond acceptors (Lipinski definition) is 5. The second kappa shape index (κ2) is 6.93. The van der Waals surface area contributed by atoms with E-state index in [0.717, 1.165) is 5.76 Å². The van der Waals surface area contributed by atoms with Crippen LogP contribution >= 0.6 is 11.6 Å². The molecule has 1 heterocycles. The molecule has 0 radical (unpaired) electrons. The van der Waals surface area contributed by atoms with E-state index in [-0.39, 0.29) is 15.6 Å². The van der Waals surface area contributed by atoms with Gasteiger partial charge in [0.1, 0.15) is 22.2 Å². The number of rotatable bonds is 5. The molecular formula is C18H17ClN2O4S. The largest absolute Gasteiger partial charge is 0.495 e. The molecule has 26 heavy (non-hydrogen) atoms. The van der Waals surface area contributed by atoms with Gasteiger partial charge in [0.05, 0.1) is 17.8 Å². The molecule has 0 saturated carbocycles. The molecule has 0 aliphatic carbocycles. The van der Waals surface area contributed by atoms with Crippen LogP contribution in [-0.2, 0) is 10.0 Å². The number of hydrogen-bond donors (Lipinski definition) is 2. The molecule has 136 valence electrons. The molecule has 0 aliphatic rings. The summed E-state index contributed by atoms with van der Waals surface area (Å²) in [6.07, 6.45) is 0. The summed E-state index contributed by atoms with van der Waals surface area (Å²) in [6, 6.07) is 12.9. The molecule has 1 aromatic heterocycles. The van der Waals surface area contributed by atoms with Gasteiger partial charge in [-0.05, 0) is 55.5 Å². The van der Waals surface area contributed by atoms with Crippen LogP contribution < -0.4 is 15.2 Å². The fourth-order valence-electron chi connectivity index (χ4n) is 2.47. The molecule has 0 spiro atoms. The number of anilines is 2. The number of aryl methyl sites for hydroxylation is 1. The maximum atomic E-state index is 12.7. The highest BCUT2D eigenvalue weighted by molar-refractivity contribution is 7.92. The lowest BCUT2D eigenvalue weighted by Crippen LogP contribution is -2.14. The highest BCUT2D eigenvalue weighted by Crippen LogP contribution is 2.33. The summed E-state index contributed by atoms with van der Waals surface area (Å²) in [5, 5.41) is 0.0759. The second-order valence-corrected chi connectivity index (χ2v) is 7.68. The Kier molecular flexibility index (Phi) is 4.84. The summed E-state index contributed by atoms with van der Waals surface area (Å²) in [7, 11) is -2.49. The smallest absolute Gasteiger partial charge is 0.263 e. The minimum atomic E-state index is -3.94. The van der Waals surface area contributed by atoms with E-state index < -0.39 is 10.0 Å². The second-order valence-electron chi connectivity index (χ2n) is 5.62. The first-order chi connectivity index (χ1) is 12.3. The van der Waals surface area contributed by atoms with Crippen LogP contribution in [0, 0.1) is 6.92 Å². The number of ether oxygens (including phenoxy) is 1. The maximum absolute atomic E-state index is 12.7. The molecule has 6 nitrogen and oxygen atoms in total. The van der Waals surface area contributed by atoms with E-state index in [9.17, 15) is 8.42 Å². The zero-order valence-corrected chi connectivity index (χ0v) is 15.7. The number of sulfonamides is 1. The summed E-state index contributed by atoms with van der Waals surface area (Å²) < 4.78 is 38.6. The van der Waals surface area contributed by atoms with Gasteiger partial charge in [0.25, 0.3) is 10.0 Å². The van der Waals surface area contributed by atoms with Crippen molar-refractivity contribution in [3.63, 3.8) is 0 Å². The van der Waals surface area contributed by atoms with Crippen LogP contribution in [0.1, 0.15) is 5.76 Å². The molecule has 0 amide bonds. The van der Waals surface area contributed by atoms with Crippen LogP contribution in [0.3, 0.4) is 0 Å². The molecular weight excluding hydrogens is 376 g/mol. The summed E-state index contributed by atoms with van der Waals surface area (Å²) in [5.41, 5.74) is 7.04. The van der Waals surface area contributed by atoms with Crippen molar-refractivity contribution in [2.45, 2.75) is 11.8 Å². The van der Waals surface area contributed by atoms with Crippen LogP contribution in [0.5, 0.6) is 5.75 Å². The minimum absolute atomic E-state index is 0.0596. The van der Waals surface area contributed by atoms with E-state index in [1.807, 2.05) is 13.0 Å². The number of nitrogen functional groups attached to an aromatic ring is 1. The lowest BCUT2D eigenvalue weighted by molar-refractivity contribution is 0.417. The summed E-state index contributed by atoms with van der Waals surface area (Å²) in [6.45, 7) is 1.83. The van der Waals surface area contributed by atoms with Gasteiger partial charge in [0.15, 0.2) is 0 Å². The van der Waals surface area contributed by atoms with Gasteiger partial charge in [-0.25, -0.2) is 8.42 Å². The standard InChI is InChI=1S/C18H17ClN2O4S/c1-11-3-6-16(25-11)12-4-8-18(14(19)9-12)26(22,23)21-15-10-13(20)5-7-17(15)24-2/h3-10,21H,20H2,1-2H3. The molecule has 3 N–H and O–H groups in total. The molecule has 3 rings (SSSR count). The number of benzene rings is 2. The number of nitrogens with two attached hydrogens (primary N) is 1. The van der Waals surface area contributed by atoms with Crippen LogP contribution in [0.15, 0.2) is 57.8 Å². The first-order valence-corrected chi connectivity index (χ1v) is 9.49. The van der Waals surface area contributed by atoms with Crippen molar-refractivity contribution in [2.75, 3.05) is 17.6 Å². The Bertz CT molecular complexity index is 1060. The quantitative estimate of drug-likeness (QED) is 0.631. The predicted octanol–water partition coefficient (Wildman–Crippen LogP) is 4.30. The molecule has 2 aromatic carbocycles. The third-order valence-electron chi connectivity index (χ3n) is 3.71. The van der Waals surface area contributed by atoms with Crippen molar-refractivity contribution in [3.05, 3.63) is 59.3 Å². The van der Waals surface area contributed by atoms with Crippen molar-refractivity contribution in [2.24, 2.45) is 0 Å². The SMILES string of the molecule is COc1ccc(N)cc1NS(=O)(=O)c1ccc(-c2ccc(C)o2)cc1Cl. The topological polar surface area (TPSA) is 94.6 Å². The van der Waals surface area contributed by atoms with Crippen molar-refractivity contribution in [1.82, 2.24) is 0 Å². The molecule has 0 fully saturated rings. The maximum Gasteiger partial charge on any atom is 0.263 e. The van der Waals surface area contributed by atoms with E-state index in [2.05, 4.69) is 4.72 Å². The Labute approximate surface area is 156 Å². The van der Waals surface area contributed by atoms with E-state index in [4.69, 9.17) is 26.5 Å². The molecule has 3 aromatic rings.